The minimum Gasteiger partial charge on any atom is -0.466 e. The number of carbonyl (C=O) groups is 3. The van der Waals surface area contributed by atoms with Crippen molar-refractivity contribution in [1.29, 1.82) is 0 Å². The average molecular weight is 454 g/mol. The van der Waals surface area contributed by atoms with E-state index >= 15 is 0 Å². The molecular formula is C21H31N3O6S. The van der Waals surface area contributed by atoms with Gasteiger partial charge in [-0.3, -0.25) is 14.4 Å². The zero-order valence-electron chi connectivity index (χ0n) is 18.7. The summed E-state index contributed by atoms with van der Waals surface area (Å²) < 4.78 is 31.9. The molecule has 0 aliphatic carbocycles. The van der Waals surface area contributed by atoms with Crippen LogP contribution in [0.3, 0.4) is 0 Å². The number of likely N-dealkylation sites (N-methyl/N-ethyl adjacent to an activating group) is 1. The quantitative estimate of drug-likeness (QED) is 0.618. The molecule has 0 atom stereocenters. The van der Waals surface area contributed by atoms with Gasteiger partial charge in [0.25, 0.3) is 5.91 Å². The summed E-state index contributed by atoms with van der Waals surface area (Å²) in [7, 11) is -0.903. The van der Waals surface area contributed by atoms with Crippen molar-refractivity contribution in [3.05, 3.63) is 28.8 Å². The highest BCUT2D eigenvalue weighted by molar-refractivity contribution is 7.89. The molecule has 172 valence electrons. The highest BCUT2D eigenvalue weighted by Gasteiger charge is 2.29. The SMILES string of the molecule is CCOC(=O)C1CCN(C(=O)CN(C)C(=O)c2cc(C)c(C)c(S(=O)(=O)NC)c2)CC1. The lowest BCUT2D eigenvalue weighted by Gasteiger charge is -2.32. The monoisotopic (exact) mass is 453 g/mol. The number of benzene rings is 1. The van der Waals surface area contributed by atoms with E-state index in [1.807, 2.05) is 0 Å². The first kappa shape index (κ1) is 24.8. The molecule has 0 bridgehead atoms. The summed E-state index contributed by atoms with van der Waals surface area (Å²) in [6.45, 7) is 6.23. The van der Waals surface area contributed by atoms with Gasteiger partial charge in [-0.05, 0) is 63.9 Å². The number of sulfonamides is 1. The molecule has 2 amide bonds. The van der Waals surface area contributed by atoms with Crippen LogP contribution < -0.4 is 4.72 Å². The summed E-state index contributed by atoms with van der Waals surface area (Å²) in [4.78, 5) is 40.3. The van der Waals surface area contributed by atoms with Gasteiger partial charge in [-0.25, -0.2) is 13.1 Å². The fourth-order valence-electron chi connectivity index (χ4n) is 3.56. The molecule has 1 aliphatic rings. The molecule has 2 rings (SSSR count). The number of carbonyl (C=O) groups excluding carboxylic acids is 3. The molecule has 1 aromatic rings. The standard InChI is InChI=1S/C21H31N3O6S/c1-6-30-21(27)16-7-9-24(10-8-16)19(25)13-23(5)20(26)17-11-14(2)15(3)18(12-17)31(28,29)22-4/h11-12,16,22H,6-10,13H2,1-5H3. The summed E-state index contributed by atoms with van der Waals surface area (Å²) in [5.74, 6) is -1.09. The van der Waals surface area contributed by atoms with Crippen molar-refractivity contribution in [2.75, 3.05) is 40.3 Å². The van der Waals surface area contributed by atoms with E-state index in [9.17, 15) is 22.8 Å². The maximum absolute atomic E-state index is 12.9. The fraction of sp³-hybridized carbons (Fsp3) is 0.571. The van der Waals surface area contributed by atoms with Crippen molar-refractivity contribution in [3.63, 3.8) is 0 Å². The van der Waals surface area contributed by atoms with Crippen LogP contribution in [-0.2, 0) is 24.3 Å². The van der Waals surface area contributed by atoms with E-state index in [1.54, 1.807) is 31.7 Å². The number of hydrogen-bond donors (Lipinski definition) is 1. The van der Waals surface area contributed by atoms with Crippen LogP contribution in [0.2, 0.25) is 0 Å². The summed E-state index contributed by atoms with van der Waals surface area (Å²) in [6, 6.07) is 2.96. The van der Waals surface area contributed by atoms with Crippen molar-refractivity contribution in [3.8, 4) is 0 Å². The summed E-state index contributed by atoms with van der Waals surface area (Å²) in [5, 5.41) is 0. The van der Waals surface area contributed by atoms with Crippen LogP contribution in [0.25, 0.3) is 0 Å². The number of nitrogens with zero attached hydrogens (tertiary/aromatic N) is 2. The van der Waals surface area contributed by atoms with Crippen molar-refractivity contribution in [2.45, 2.75) is 38.5 Å². The average Bonchev–Trinajstić information content (AvgIpc) is 2.74. The first-order valence-corrected chi connectivity index (χ1v) is 11.7. The molecule has 1 N–H and O–H groups in total. The lowest BCUT2D eigenvalue weighted by Crippen LogP contribution is -2.45. The molecule has 0 spiro atoms. The van der Waals surface area contributed by atoms with E-state index in [4.69, 9.17) is 4.74 Å². The predicted octanol–water partition coefficient (Wildman–Crippen LogP) is 1.09. The van der Waals surface area contributed by atoms with Crippen LogP contribution in [0.4, 0.5) is 0 Å². The Kier molecular flexibility index (Phi) is 8.19. The van der Waals surface area contributed by atoms with E-state index in [1.165, 1.54) is 25.1 Å². The predicted molar refractivity (Wildman–Crippen MR) is 115 cm³/mol. The zero-order chi connectivity index (χ0) is 23.3. The lowest BCUT2D eigenvalue weighted by atomic mass is 9.97. The van der Waals surface area contributed by atoms with Crippen LogP contribution in [0.1, 0.15) is 41.3 Å². The molecule has 0 unspecified atom stereocenters. The second-order valence-corrected chi connectivity index (χ2v) is 9.55. The second kappa shape index (κ2) is 10.2. The topological polar surface area (TPSA) is 113 Å². The van der Waals surface area contributed by atoms with Gasteiger partial charge in [0, 0.05) is 25.7 Å². The van der Waals surface area contributed by atoms with Gasteiger partial charge in [0.1, 0.15) is 0 Å². The first-order valence-electron chi connectivity index (χ1n) is 10.3. The Hall–Kier alpha value is -2.46. The summed E-state index contributed by atoms with van der Waals surface area (Å²) in [5.41, 5.74) is 1.43. The van der Waals surface area contributed by atoms with Gasteiger partial charge in [0.05, 0.1) is 24.0 Å². The molecule has 9 nitrogen and oxygen atoms in total. The number of nitrogens with one attached hydrogen (secondary N) is 1. The molecule has 10 heteroatoms. The van der Waals surface area contributed by atoms with Crippen LogP contribution in [0.5, 0.6) is 0 Å². The highest BCUT2D eigenvalue weighted by atomic mass is 32.2. The molecule has 0 radical (unpaired) electrons. The fourth-order valence-corrected chi connectivity index (χ4v) is 4.63. The van der Waals surface area contributed by atoms with E-state index < -0.39 is 15.9 Å². The highest BCUT2D eigenvalue weighted by Crippen LogP contribution is 2.22. The Balaban J connectivity index is 2.06. The number of rotatable bonds is 7. The van der Waals surface area contributed by atoms with Crippen LogP contribution in [-0.4, -0.2) is 76.3 Å². The minimum atomic E-state index is -3.72. The third-order valence-electron chi connectivity index (χ3n) is 5.61. The Labute approximate surface area is 183 Å². The second-order valence-electron chi connectivity index (χ2n) is 7.69. The van der Waals surface area contributed by atoms with Crippen LogP contribution >= 0.6 is 0 Å². The van der Waals surface area contributed by atoms with E-state index in [-0.39, 0.29) is 34.8 Å². The van der Waals surface area contributed by atoms with E-state index in [2.05, 4.69) is 4.72 Å². The molecule has 1 aliphatic heterocycles. The smallest absolute Gasteiger partial charge is 0.309 e. The maximum atomic E-state index is 12.9. The molecule has 1 aromatic carbocycles. The van der Waals surface area contributed by atoms with Gasteiger partial charge in [0.15, 0.2) is 0 Å². The van der Waals surface area contributed by atoms with Crippen molar-refractivity contribution < 1.29 is 27.5 Å². The van der Waals surface area contributed by atoms with Gasteiger partial charge < -0.3 is 14.5 Å². The third kappa shape index (κ3) is 5.82. The summed E-state index contributed by atoms with van der Waals surface area (Å²) >= 11 is 0. The molecular weight excluding hydrogens is 422 g/mol. The largest absolute Gasteiger partial charge is 0.466 e. The maximum Gasteiger partial charge on any atom is 0.309 e. The number of hydrogen-bond acceptors (Lipinski definition) is 6. The van der Waals surface area contributed by atoms with Crippen molar-refractivity contribution >= 4 is 27.8 Å². The first-order chi connectivity index (χ1) is 14.5. The molecule has 31 heavy (non-hydrogen) atoms. The van der Waals surface area contributed by atoms with Crippen molar-refractivity contribution in [1.82, 2.24) is 14.5 Å². The Morgan fingerprint density at radius 2 is 1.81 bits per heavy atom. The Morgan fingerprint density at radius 1 is 1.19 bits per heavy atom. The molecule has 1 heterocycles. The number of amides is 2. The van der Waals surface area contributed by atoms with E-state index in [0.29, 0.717) is 43.7 Å². The van der Waals surface area contributed by atoms with Gasteiger partial charge >= 0.3 is 5.97 Å². The normalized spacial score (nSPS) is 14.9. The molecule has 1 saturated heterocycles. The lowest BCUT2D eigenvalue weighted by molar-refractivity contribution is -0.151. The van der Waals surface area contributed by atoms with Crippen LogP contribution in [0.15, 0.2) is 17.0 Å². The van der Waals surface area contributed by atoms with Gasteiger partial charge in [0.2, 0.25) is 15.9 Å². The Morgan fingerprint density at radius 3 is 2.35 bits per heavy atom. The molecule has 0 aromatic heterocycles. The van der Waals surface area contributed by atoms with Crippen molar-refractivity contribution in [2.24, 2.45) is 5.92 Å². The summed E-state index contributed by atoms with van der Waals surface area (Å²) in [6.07, 6.45) is 1.06. The number of piperidine rings is 1. The van der Waals surface area contributed by atoms with Gasteiger partial charge in [-0.1, -0.05) is 0 Å². The van der Waals surface area contributed by atoms with Crippen LogP contribution in [0, 0.1) is 19.8 Å². The van der Waals surface area contributed by atoms with Gasteiger partial charge in [-0.15, -0.1) is 0 Å². The zero-order valence-corrected chi connectivity index (χ0v) is 19.5. The number of aryl methyl sites for hydroxylation is 1. The third-order valence-corrected chi connectivity index (χ3v) is 7.15. The van der Waals surface area contributed by atoms with Gasteiger partial charge in [-0.2, -0.15) is 0 Å². The molecule has 0 saturated carbocycles. The Bertz CT molecular complexity index is 952. The minimum absolute atomic E-state index is 0.0408. The number of likely N-dealkylation sites (tertiary alicyclic amines) is 1. The van der Waals surface area contributed by atoms with E-state index in [0.717, 1.165) is 0 Å². The molecule has 1 fully saturated rings. The number of ether oxygens (including phenoxy) is 1. The number of esters is 1.